The van der Waals surface area contributed by atoms with Gasteiger partial charge in [0.1, 0.15) is 5.82 Å². The minimum atomic E-state index is -0.853. The quantitative estimate of drug-likeness (QED) is 0.700. The Morgan fingerprint density at radius 1 is 1.36 bits per heavy atom. The van der Waals surface area contributed by atoms with Crippen molar-refractivity contribution in [3.63, 3.8) is 0 Å². The first kappa shape index (κ1) is 9.58. The molecular weight excluding hydrogens is 185 g/mol. The third-order valence-corrected chi connectivity index (χ3v) is 2.27. The third kappa shape index (κ3) is 1.92. The molecule has 14 heavy (non-hydrogen) atoms. The molecule has 1 aliphatic heterocycles. The Balaban J connectivity index is 2.16. The van der Waals surface area contributed by atoms with E-state index in [1.165, 1.54) is 12.1 Å². The van der Waals surface area contributed by atoms with Crippen LogP contribution in [0, 0.1) is 5.82 Å². The lowest BCUT2D eigenvalue weighted by Gasteiger charge is -2.29. The van der Waals surface area contributed by atoms with Crippen LogP contribution >= 0.6 is 0 Å². The van der Waals surface area contributed by atoms with Gasteiger partial charge in [0.25, 0.3) is 0 Å². The first-order chi connectivity index (χ1) is 6.77. The van der Waals surface area contributed by atoms with Crippen molar-refractivity contribution >= 4 is 0 Å². The van der Waals surface area contributed by atoms with Crippen LogP contribution in [0.15, 0.2) is 24.3 Å². The van der Waals surface area contributed by atoms with E-state index in [9.17, 15) is 9.50 Å². The molecule has 1 aliphatic rings. The zero-order valence-electron chi connectivity index (χ0n) is 7.61. The molecule has 1 aromatic carbocycles. The Morgan fingerprint density at radius 3 is 2.71 bits per heavy atom. The Labute approximate surface area is 81.5 Å². The summed E-state index contributed by atoms with van der Waals surface area (Å²) in [6.45, 7) is 1.19. The Hall–Kier alpha value is -0.970. The Kier molecular flexibility index (Phi) is 2.77. The van der Waals surface area contributed by atoms with Crippen LogP contribution in [0.1, 0.15) is 11.6 Å². The lowest BCUT2D eigenvalue weighted by Crippen LogP contribution is -2.41. The van der Waals surface area contributed by atoms with Crippen LogP contribution in [0.4, 0.5) is 4.39 Å². The van der Waals surface area contributed by atoms with Crippen molar-refractivity contribution < 1.29 is 14.2 Å². The fourth-order valence-electron chi connectivity index (χ4n) is 1.54. The van der Waals surface area contributed by atoms with Crippen LogP contribution in [0.3, 0.4) is 0 Å². The van der Waals surface area contributed by atoms with Crippen LogP contribution in [0.2, 0.25) is 0 Å². The number of hydrogen-bond donors (Lipinski definition) is 2. The van der Waals surface area contributed by atoms with Crippen molar-refractivity contribution in [1.29, 1.82) is 0 Å². The highest BCUT2D eigenvalue weighted by Crippen LogP contribution is 2.20. The van der Waals surface area contributed by atoms with E-state index < -0.39 is 6.29 Å². The molecule has 2 atom stereocenters. The van der Waals surface area contributed by atoms with E-state index in [2.05, 4.69) is 5.32 Å². The van der Waals surface area contributed by atoms with Crippen molar-refractivity contribution in [2.75, 3.05) is 13.2 Å². The molecule has 1 unspecified atom stereocenters. The number of halogens is 1. The number of aliphatic hydroxyl groups is 1. The number of morpholine rings is 1. The molecule has 76 valence electrons. The van der Waals surface area contributed by atoms with Crippen molar-refractivity contribution in [3.8, 4) is 0 Å². The molecule has 4 heteroatoms. The van der Waals surface area contributed by atoms with Crippen LogP contribution in [-0.2, 0) is 4.74 Å². The van der Waals surface area contributed by atoms with Crippen LogP contribution in [-0.4, -0.2) is 24.5 Å². The molecule has 3 nitrogen and oxygen atoms in total. The molecule has 0 aromatic heterocycles. The predicted molar refractivity (Wildman–Crippen MR) is 49.1 cm³/mol. The van der Waals surface area contributed by atoms with Crippen LogP contribution in [0.5, 0.6) is 0 Å². The SMILES string of the molecule is OC1OCCN[C@H]1c1ccc(F)cc1. The molecule has 1 aromatic rings. The average molecular weight is 197 g/mol. The first-order valence-electron chi connectivity index (χ1n) is 4.56. The molecule has 1 heterocycles. The fraction of sp³-hybridized carbons (Fsp3) is 0.400. The first-order valence-corrected chi connectivity index (χ1v) is 4.56. The van der Waals surface area contributed by atoms with Gasteiger partial charge in [-0.15, -0.1) is 0 Å². The number of aliphatic hydroxyl groups excluding tert-OH is 1. The molecule has 0 spiro atoms. The van der Waals surface area contributed by atoms with Crippen molar-refractivity contribution in [2.45, 2.75) is 12.3 Å². The van der Waals surface area contributed by atoms with Gasteiger partial charge in [-0.1, -0.05) is 12.1 Å². The van der Waals surface area contributed by atoms with Crippen molar-refractivity contribution in [3.05, 3.63) is 35.6 Å². The maximum Gasteiger partial charge on any atom is 0.174 e. The van der Waals surface area contributed by atoms with Gasteiger partial charge in [-0.05, 0) is 17.7 Å². The second-order valence-electron chi connectivity index (χ2n) is 3.24. The van der Waals surface area contributed by atoms with Gasteiger partial charge in [-0.25, -0.2) is 4.39 Å². The zero-order valence-corrected chi connectivity index (χ0v) is 7.61. The summed E-state index contributed by atoms with van der Waals surface area (Å²) in [5.74, 6) is -0.278. The topological polar surface area (TPSA) is 41.5 Å². The summed E-state index contributed by atoms with van der Waals surface area (Å²) in [7, 11) is 0. The minimum Gasteiger partial charge on any atom is -0.366 e. The molecule has 0 bridgehead atoms. The summed E-state index contributed by atoms with van der Waals surface area (Å²) in [6.07, 6.45) is -0.853. The number of ether oxygens (including phenoxy) is 1. The zero-order chi connectivity index (χ0) is 9.97. The Morgan fingerprint density at radius 2 is 2.07 bits per heavy atom. The van der Waals surface area contributed by atoms with Gasteiger partial charge >= 0.3 is 0 Å². The number of benzene rings is 1. The lowest BCUT2D eigenvalue weighted by atomic mass is 10.1. The second-order valence-corrected chi connectivity index (χ2v) is 3.24. The molecule has 1 fully saturated rings. The third-order valence-electron chi connectivity index (χ3n) is 2.27. The van der Waals surface area contributed by atoms with E-state index in [0.717, 1.165) is 5.56 Å². The van der Waals surface area contributed by atoms with E-state index >= 15 is 0 Å². The second kappa shape index (κ2) is 4.04. The summed E-state index contributed by atoms with van der Waals surface area (Å²) < 4.78 is 17.7. The summed E-state index contributed by atoms with van der Waals surface area (Å²) in [6, 6.07) is 5.77. The fourth-order valence-corrected chi connectivity index (χ4v) is 1.54. The van der Waals surface area contributed by atoms with Gasteiger partial charge in [-0.2, -0.15) is 0 Å². The maximum absolute atomic E-state index is 12.6. The van der Waals surface area contributed by atoms with Gasteiger partial charge in [-0.3, -0.25) is 0 Å². The van der Waals surface area contributed by atoms with E-state index in [0.29, 0.717) is 13.2 Å². The molecule has 0 amide bonds. The molecule has 0 radical (unpaired) electrons. The van der Waals surface area contributed by atoms with Crippen molar-refractivity contribution in [1.82, 2.24) is 5.32 Å². The molecule has 0 aliphatic carbocycles. The number of nitrogens with one attached hydrogen (secondary N) is 1. The predicted octanol–water partition coefficient (Wildman–Crippen LogP) is 0.805. The van der Waals surface area contributed by atoms with Gasteiger partial charge in [0, 0.05) is 6.54 Å². The number of rotatable bonds is 1. The van der Waals surface area contributed by atoms with Gasteiger partial charge in [0.2, 0.25) is 0 Å². The molecule has 0 saturated carbocycles. The molecule has 1 saturated heterocycles. The van der Waals surface area contributed by atoms with E-state index in [-0.39, 0.29) is 11.9 Å². The maximum atomic E-state index is 12.6. The van der Waals surface area contributed by atoms with E-state index in [4.69, 9.17) is 4.74 Å². The monoisotopic (exact) mass is 197 g/mol. The highest BCUT2D eigenvalue weighted by Gasteiger charge is 2.24. The summed E-state index contributed by atoms with van der Waals surface area (Å²) >= 11 is 0. The van der Waals surface area contributed by atoms with Crippen LogP contribution in [0.25, 0.3) is 0 Å². The summed E-state index contributed by atoms with van der Waals surface area (Å²) in [5.41, 5.74) is 0.832. The largest absolute Gasteiger partial charge is 0.366 e. The summed E-state index contributed by atoms with van der Waals surface area (Å²) in [5, 5.41) is 12.6. The number of hydrogen-bond acceptors (Lipinski definition) is 3. The van der Waals surface area contributed by atoms with Crippen LogP contribution < -0.4 is 5.32 Å². The van der Waals surface area contributed by atoms with Gasteiger partial charge < -0.3 is 15.2 Å². The average Bonchev–Trinajstić information content (AvgIpc) is 2.20. The molecule has 2 N–H and O–H groups in total. The van der Waals surface area contributed by atoms with Crippen molar-refractivity contribution in [2.24, 2.45) is 0 Å². The standard InChI is InChI=1S/C10H12FNO2/c11-8-3-1-7(2-4-8)9-10(13)14-6-5-12-9/h1-4,9-10,12-13H,5-6H2/t9-,10?/m0/s1. The normalized spacial score (nSPS) is 27.6. The molecular formula is C10H12FNO2. The van der Waals surface area contributed by atoms with E-state index in [1.54, 1.807) is 12.1 Å². The molecule has 2 rings (SSSR count). The van der Waals surface area contributed by atoms with E-state index in [1.807, 2.05) is 0 Å². The Bertz CT molecular complexity index is 301. The minimum absolute atomic E-state index is 0.260. The lowest BCUT2D eigenvalue weighted by molar-refractivity contribution is -0.140. The smallest absolute Gasteiger partial charge is 0.174 e. The van der Waals surface area contributed by atoms with Gasteiger partial charge in [0.15, 0.2) is 6.29 Å². The highest BCUT2D eigenvalue weighted by atomic mass is 19.1. The summed E-state index contributed by atoms with van der Waals surface area (Å²) in [4.78, 5) is 0. The highest BCUT2D eigenvalue weighted by molar-refractivity contribution is 5.20. The van der Waals surface area contributed by atoms with Gasteiger partial charge in [0.05, 0.1) is 12.6 Å².